The highest BCUT2D eigenvalue weighted by atomic mass is 15.2. The largest absolute Gasteiger partial charge is 0.314 e. The van der Waals surface area contributed by atoms with Gasteiger partial charge < -0.3 is 9.80 Å². The summed E-state index contributed by atoms with van der Waals surface area (Å²) >= 11 is 0. The van der Waals surface area contributed by atoms with Crippen molar-refractivity contribution in [1.29, 1.82) is 0 Å². The zero-order chi connectivity index (χ0) is 45.4. The topological polar surface area (TPSA) is 6.48 Å². The number of nitrogens with zero attached hydrogens (tertiary/aromatic N) is 2. The average molecular weight is 819 g/mol. The summed E-state index contributed by atoms with van der Waals surface area (Å²) < 4.78 is 0. The molecule has 0 aromatic heterocycles. The molecule has 0 heterocycles. The van der Waals surface area contributed by atoms with E-state index < -0.39 is 0 Å². The van der Waals surface area contributed by atoms with Crippen LogP contribution in [0, 0.1) is 18.3 Å². The third-order valence-electron chi connectivity index (χ3n) is 11.5. The maximum absolute atomic E-state index is 4.74. The molecule has 2 heteroatoms. The van der Waals surface area contributed by atoms with Crippen LogP contribution in [0.15, 0.2) is 241 Å². The van der Waals surface area contributed by atoms with Crippen LogP contribution in [-0.2, 0) is 0 Å². The number of allylic oxidation sites excluding steroid dienone is 26. The van der Waals surface area contributed by atoms with E-state index in [-0.39, 0.29) is 5.41 Å². The first-order valence-corrected chi connectivity index (χ1v) is 22.0. The summed E-state index contributed by atoms with van der Waals surface area (Å²) in [5.74, 6) is 0.430. The first-order chi connectivity index (χ1) is 29.7. The highest BCUT2D eigenvalue weighted by Gasteiger charge is 2.34. The van der Waals surface area contributed by atoms with Crippen molar-refractivity contribution >= 4 is 22.6 Å². The molecule has 0 aliphatic heterocycles. The van der Waals surface area contributed by atoms with E-state index in [0.717, 1.165) is 62.9 Å². The lowest BCUT2D eigenvalue weighted by atomic mass is 9.80. The lowest BCUT2D eigenvalue weighted by molar-refractivity contribution is 0.562. The Bertz CT molecular complexity index is 2390. The second-order valence-corrected chi connectivity index (χ2v) is 16.6. The maximum Gasteiger partial charge on any atom is 0.0485 e. The molecule has 2 aliphatic rings. The third-order valence-corrected chi connectivity index (χ3v) is 11.5. The Balaban J connectivity index is 1.98. The van der Waals surface area contributed by atoms with Crippen LogP contribution < -0.4 is 9.80 Å². The molecule has 4 rings (SSSR count). The van der Waals surface area contributed by atoms with Crippen molar-refractivity contribution in [3.05, 3.63) is 252 Å². The van der Waals surface area contributed by atoms with Crippen molar-refractivity contribution in [3.8, 4) is 0 Å². The normalized spacial score (nSPS) is 16.0. The van der Waals surface area contributed by atoms with Gasteiger partial charge in [0.05, 0.1) is 0 Å². The number of aryl methyl sites for hydroxylation is 1. The molecule has 2 aromatic rings. The van der Waals surface area contributed by atoms with Crippen molar-refractivity contribution < 1.29 is 0 Å². The molecule has 0 N–H and O–H groups in total. The molecule has 0 bridgehead atoms. The average Bonchev–Trinajstić information content (AvgIpc) is 3.41. The van der Waals surface area contributed by atoms with Gasteiger partial charge in [-0.25, -0.2) is 0 Å². The standard InChI is InChI=1S/C60H70N2/c1-15-21-30-49(17-3)50(18-4)31-26-29-47(11)61(54-38-35-45(9)36-39-54)55-41-51(46(10)37-40-57-48(12)60(13,14)59-34-24-22-23-33-58(57)59)42-56(43-55)62(52(19-5)20-6)53(27-16-2)32-25-28-44(7)8/h15-21,23-28,30-31,33-44H,1-2,5,10-11,22,29,32H2,3-4,6-9,12-14H3/b28-25-,30-21-,31-26?,40-37-,49-17+,50-18+,52-20+,53-27+. The summed E-state index contributed by atoms with van der Waals surface area (Å²) in [4.78, 5) is 4.57. The van der Waals surface area contributed by atoms with Crippen LogP contribution in [0.1, 0.15) is 85.8 Å². The predicted molar refractivity (Wildman–Crippen MR) is 277 cm³/mol. The summed E-state index contributed by atoms with van der Waals surface area (Å²) in [6.45, 7) is 41.3. The molecule has 0 atom stereocenters. The molecular formula is C60H70N2. The summed E-state index contributed by atoms with van der Waals surface area (Å²) in [6, 6.07) is 15.4. The molecule has 0 spiro atoms. The smallest absolute Gasteiger partial charge is 0.0485 e. The van der Waals surface area contributed by atoms with Crippen molar-refractivity contribution in [2.24, 2.45) is 11.3 Å². The van der Waals surface area contributed by atoms with Crippen LogP contribution >= 0.6 is 0 Å². The molecule has 0 radical (unpaired) electrons. The van der Waals surface area contributed by atoms with Gasteiger partial charge in [-0.1, -0.05) is 187 Å². The van der Waals surface area contributed by atoms with E-state index in [1.54, 1.807) is 6.08 Å². The van der Waals surface area contributed by atoms with Crippen LogP contribution in [0.25, 0.3) is 5.57 Å². The van der Waals surface area contributed by atoms with Gasteiger partial charge in [0.2, 0.25) is 0 Å². The van der Waals surface area contributed by atoms with Gasteiger partial charge in [-0.15, -0.1) is 0 Å². The molecular weight excluding hydrogens is 749 g/mol. The highest BCUT2D eigenvalue weighted by Crippen LogP contribution is 2.49. The number of anilines is 3. The molecule has 0 saturated carbocycles. The third kappa shape index (κ3) is 11.9. The Labute approximate surface area is 376 Å². The van der Waals surface area contributed by atoms with Crippen LogP contribution in [-0.4, -0.2) is 0 Å². The van der Waals surface area contributed by atoms with Crippen LogP contribution in [0.3, 0.4) is 0 Å². The van der Waals surface area contributed by atoms with Crippen LogP contribution in [0.2, 0.25) is 0 Å². The quantitative estimate of drug-likeness (QED) is 0.0970. The summed E-state index contributed by atoms with van der Waals surface area (Å²) in [6.07, 6.45) is 42.8. The Hall–Kier alpha value is -6.38. The van der Waals surface area contributed by atoms with Gasteiger partial charge in [0.1, 0.15) is 0 Å². The van der Waals surface area contributed by atoms with Gasteiger partial charge in [0.25, 0.3) is 0 Å². The van der Waals surface area contributed by atoms with E-state index in [1.807, 2.05) is 18.2 Å². The summed E-state index contributed by atoms with van der Waals surface area (Å²) in [7, 11) is 0. The minimum absolute atomic E-state index is 0.0612. The maximum atomic E-state index is 4.74. The van der Waals surface area contributed by atoms with Gasteiger partial charge in [-0.05, 0) is 128 Å². The fraction of sp³-hybridized carbons (Fsp3) is 0.233. The second-order valence-electron chi connectivity index (χ2n) is 16.6. The highest BCUT2D eigenvalue weighted by molar-refractivity contribution is 5.83. The molecule has 2 aromatic carbocycles. The first-order valence-electron chi connectivity index (χ1n) is 22.0. The van der Waals surface area contributed by atoms with Crippen LogP contribution in [0.4, 0.5) is 17.1 Å². The first kappa shape index (κ1) is 48.3. The van der Waals surface area contributed by atoms with Crippen molar-refractivity contribution in [2.45, 2.75) is 81.6 Å². The van der Waals surface area contributed by atoms with E-state index >= 15 is 0 Å². The summed E-state index contributed by atoms with van der Waals surface area (Å²) in [5, 5.41) is 0. The molecule has 2 aliphatic carbocycles. The monoisotopic (exact) mass is 819 g/mol. The SMILES string of the molecule is C=C\C=C/C(=C\C)C(/C=CCC(=C)N(c1ccc(C)cc1)c1cc(C(=C)/C=C\C2=C(C)C(C)(C)C3=C2C=CCC=C3)cc(N(/C(C=C)=C/C)/C(=C/C=C)C/C=C\C(C)C)c1)=C/C. The van der Waals surface area contributed by atoms with Crippen molar-refractivity contribution in [3.63, 3.8) is 0 Å². The number of rotatable bonds is 20. The van der Waals surface area contributed by atoms with Crippen molar-refractivity contribution in [1.82, 2.24) is 0 Å². The zero-order valence-electron chi connectivity index (χ0n) is 39.1. The molecule has 0 saturated heterocycles. The molecule has 62 heavy (non-hydrogen) atoms. The van der Waals surface area contributed by atoms with Gasteiger partial charge >= 0.3 is 0 Å². The molecule has 0 amide bonds. The molecule has 0 fully saturated rings. The molecule has 2 nitrogen and oxygen atoms in total. The predicted octanol–water partition coefficient (Wildman–Crippen LogP) is 17.5. The number of benzene rings is 2. The second kappa shape index (κ2) is 23.0. The van der Waals surface area contributed by atoms with E-state index in [2.05, 4.69) is 225 Å². The Morgan fingerprint density at radius 1 is 0.774 bits per heavy atom. The minimum Gasteiger partial charge on any atom is -0.314 e. The summed E-state index contributed by atoms with van der Waals surface area (Å²) in [5.41, 5.74) is 16.5. The molecule has 0 unspecified atom stereocenters. The van der Waals surface area contributed by atoms with E-state index in [1.165, 1.54) is 27.9 Å². The fourth-order valence-electron chi connectivity index (χ4n) is 7.85. The van der Waals surface area contributed by atoms with Crippen LogP contribution in [0.5, 0.6) is 0 Å². The Morgan fingerprint density at radius 3 is 2.08 bits per heavy atom. The molecule has 320 valence electrons. The lowest BCUT2D eigenvalue weighted by Crippen LogP contribution is -2.22. The Morgan fingerprint density at radius 2 is 1.45 bits per heavy atom. The van der Waals surface area contributed by atoms with E-state index in [4.69, 9.17) is 13.2 Å². The van der Waals surface area contributed by atoms with Gasteiger partial charge in [0, 0.05) is 52.4 Å². The number of hydrogen-bond donors (Lipinski definition) is 0. The van der Waals surface area contributed by atoms with Gasteiger partial charge in [0.15, 0.2) is 0 Å². The van der Waals surface area contributed by atoms with E-state index in [9.17, 15) is 0 Å². The van der Waals surface area contributed by atoms with Crippen molar-refractivity contribution in [2.75, 3.05) is 9.80 Å². The zero-order valence-corrected chi connectivity index (χ0v) is 39.1. The fourth-order valence-corrected chi connectivity index (χ4v) is 7.85. The van der Waals surface area contributed by atoms with Gasteiger partial charge in [-0.2, -0.15) is 0 Å². The number of hydrogen-bond acceptors (Lipinski definition) is 2. The van der Waals surface area contributed by atoms with Gasteiger partial charge in [-0.3, -0.25) is 0 Å². The lowest BCUT2D eigenvalue weighted by Gasteiger charge is -2.32. The minimum atomic E-state index is -0.0612. The Kier molecular flexibility index (Phi) is 17.9. The van der Waals surface area contributed by atoms with E-state index in [0.29, 0.717) is 18.8 Å².